The molecule has 0 fully saturated rings. The van der Waals surface area contributed by atoms with E-state index in [0.717, 1.165) is 17.7 Å². The molecule has 0 saturated heterocycles. The van der Waals surface area contributed by atoms with Crippen molar-refractivity contribution in [1.29, 1.82) is 0 Å². The van der Waals surface area contributed by atoms with Gasteiger partial charge in [-0.15, -0.1) is 11.3 Å². The van der Waals surface area contributed by atoms with Crippen molar-refractivity contribution >= 4 is 17.2 Å². The van der Waals surface area contributed by atoms with E-state index in [9.17, 15) is 9.59 Å². The van der Waals surface area contributed by atoms with Crippen molar-refractivity contribution in [3.8, 4) is 10.6 Å². The van der Waals surface area contributed by atoms with E-state index < -0.39 is 6.04 Å². The molecule has 2 heterocycles. The first-order valence-electron chi connectivity index (χ1n) is 8.60. The van der Waals surface area contributed by atoms with Gasteiger partial charge in [-0.1, -0.05) is 36.4 Å². The third-order valence-electron chi connectivity index (χ3n) is 4.13. The van der Waals surface area contributed by atoms with E-state index in [-0.39, 0.29) is 11.5 Å². The summed E-state index contributed by atoms with van der Waals surface area (Å²) in [5, 5.41) is 9.22. The Kier molecular flexibility index (Phi) is 5.96. The molecule has 1 N–H and O–H groups in total. The number of hydrogen-bond donors (Lipinski definition) is 1. The van der Waals surface area contributed by atoms with Gasteiger partial charge in [0.05, 0.1) is 4.88 Å². The van der Waals surface area contributed by atoms with Crippen molar-refractivity contribution in [1.82, 2.24) is 15.1 Å². The topological polar surface area (TPSA) is 64.0 Å². The van der Waals surface area contributed by atoms with Crippen LogP contribution in [0.3, 0.4) is 0 Å². The minimum Gasteiger partial charge on any atom is -0.354 e. The second-order valence-electron chi connectivity index (χ2n) is 6.03. The average Bonchev–Trinajstić information content (AvgIpc) is 3.20. The molecule has 0 bridgehead atoms. The van der Waals surface area contributed by atoms with Gasteiger partial charge >= 0.3 is 0 Å². The largest absolute Gasteiger partial charge is 0.354 e. The molecule has 1 amide bonds. The zero-order valence-electron chi connectivity index (χ0n) is 14.6. The number of nitrogens with zero attached hydrogens (tertiary/aromatic N) is 2. The number of carbonyl (C=O) groups is 1. The number of thiophene rings is 1. The Bertz CT molecular complexity index is 904. The molecule has 6 heteroatoms. The van der Waals surface area contributed by atoms with Crippen molar-refractivity contribution in [2.24, 2.45) is 0 Å². The van der Waals surface area contributed by atoms with Gasteiger partial charge < -0.3 is 5.32 Å². The number of nitrogens with one attached hydrogen (secondary N) is 1. The summed E-state index contributed by atoms with van der Waals surface area (Å²) >= 11 is 1.55. The van der Waals surface area contributed by atoms with E-state index in [0.29, 0.717) is 12.2 Å². The van der Waals surface area contributed by atoms with Crippen molar-refractivity contribution < 1.29 is 4.79 Å². The highest BCUT2D eigenvalue weighted by Gasteiger charge is 2.17. The Hall–Kier alpha value is -2.73. The molecular weight excluding hydrogens is 346 g/mol. The number of amides is 1. The lowest BCUT2D eigenvalue weighted by Gasteiger charge is -2.14. The zero-order valence-corrected chi connectivity index (χ0v) is 15.4. The molecule has 3 rings (SSSR count). The fraction of sp³-hybridized carbons (Fsp3) is 0.250. The summed E-state index contributed by atoms with van der Waals surface area (Å²) in [4.78, 5) is 25.5. The fourth-order valence-corrected chi connectivity index (χ4v) is 3.36. The van der Waals surface area contributed by atoms with Gasteiger partial charge in [0.1, 0.15) is 11.7 Å². The molecule has 0 spiro atoms. The third-order valence-corrected chi connectivity index (χ3v) is 5.02. The number of hydrogen-bond acceptors (Lipinski definition) is 4. The maximum Gasteiger partial charge on any atom is 0.267 e. The molecule has 1 atom stereocenters. The Morgan fingerprint density at radius 1 is 1.15 bits per heavy atom. The summed E-state index contributed by atoms with van der Waals surface area (Å²) in [6.07, 6.45) is 1.75. The molecular formula is C20H21N3O2S. The summed E-state index contributed by atoms with van der Waals surface area (Å²) < 4.78 is 1.25. The Balaban J connectivity index is 1.59. The highest BCUT2D eigenvalue weighted by molar-refractivity contribution is 7.13. The van der Waals surface area contributed by atoms with E-state index in [1.165, 1.54) is 16.3 Å². The molecule has 1 unspecified atom stereocenters. The van der Waals surface area contributed by atoms with E-state index in [1.807, 2.05) is 35.7 Å². The first kappa shape index (κ1) is 18.1. The van der Waals surface area contributed by atoms with Crippen molar-refractivity contribution in [2.45, 2.75) is 25.8 Å². The average molecular weight is 367 g/mol. The van der Waals surface area contributed by atoms with E-state index >= 15 is 0 Å². The van der Waals surface area contributed by atoms with Gasteiger partial charge in [-0.2, -0.15) is 5.10 Å². The Labute approximate surface area is 156 Å². The van der Waals surface area contributed by atoms with Crippen LogP contribution in [0.15, 0.2) is 64.8 Å². The van der Waals surface area contributed by atoms with Crippen LogP contribution in [0, 0.1) is 0 Å². The van der Waals surface area contributed by atoms with Gasteiger partial charge in [0, 0.05) is 12.6 Å². The molecule has 1 aromatic carbocycles. The van der Waals surface area contributed by atoms with Gasteiger partial charge in [-0.3, -0.25) is 9.59 Å². The summed E-state index contributed by atoms with van der Waals surface area (Å²) in [5.41, 5.74) is 1.66. The lowest BCUT2D eigenvalue weighted by molar-refractivity contribution is -0.124. The van der Waals surface area contributed by atoms with Crippen molar-refractivity contribution in [3.05, 3.63) is 75.9 Å². The van der Waals surface area contributed by atoms with Crippen LogP contribution in [0.2, 0.25) is 0 Å². The maximum atomic E-state index is 12.4. The van der Waals surface area contributed by atoms with Crippen molar-refractivity contribution in [3.63, 3.8) is 0 Å². The lowest BCUT2D eigenvalue weighted by atomic mass is 10.1. The number of aryl methyl sites for hydroxylation is 1. The first-order chi connectivity index (χ1) is 12.6. The first-order valence-corrected chi connectivity index (χ1v) is 9.48. The van der Waals surface area contributed by atoms with Gasteiger partial charge in [-0.25, -0.2) is 4.68 Å². The minimum absolute atomic E-state index is 0.198. The summed E-state index contributed by atoms with van der Waals surface area (Å²) in [7, 11) is 0. The summed E-state index contributed by atoms with van der Waals surface area (Å²) in [6.45, 7) is 2.26. The fourth-order valence-electron chi connectivity index (χ4n) is 2.67. The van der Waals surface area contributed by atoms with Crippen molar-refractivity contribution in [2.75, 3.05) is 6.54 Å². The van der Waals surface area contributed by atoms with E-state index in [1.54, 1.807) is 24.3 Å². The number of aromatic nitrogens is 2. The van der Waals surface area contributed by atoms with Crippen LogP contribution in [0.1, 0.15) is 24.9 Å². The van der Waals surface area contributed by atoms with Gasteiger partial charge in [0.25, 0.3) is 5.56 Å². The van der Waals surface area contributed by atoms with Crippen LogP contribution in [0.5, 0.6) is 0 Å². The lowest BCUT2D eigenvalue weighted by Crippen LogP contribution is -2.37. The molecule has 0 aliphatic heterocycles. The highest BCUT2D eigenvalue weighted by atomic mass is 32.1. The van der Waals surface area contributed by atoms with E-state index in [2.05, 4.69) is 22.5 Å². The number of rotatable bonds is 7. The molecule has 5 nitrogen and oxygen atoms in total. The number of benzene rings is 1. The van der Waals surface area contributed by atoms with Crippen LogP contribution in [0.25, 0.3) is 10.6 Å². The molecule has 2 aromatic heterocycles. The van der Waals surface area contributed by atoms with Crippen LogP contribution in [0.4, 0.5) is 0 Å². The Morgan fingerprint density at radius 3 is 2.69 bits per heavy atom. The third kappa shape index (κ3) is 4.46. The summed E-state index contributed by atoms with van der Waals surface area (Å²) in [6, 6.07) is 16.5. The molecule has 0 aliphatic carbocycles. The maximum absolute atomic E-state index is 12.4. The quantitative estimate of drug-likeness (QED) is 0.652. The van der Waals surface area contributed by atoms with Crippen LogP contribution in [-0.2, 0) is 11.2 Å². The minimum atomic E-state index is -0.654. The van der Waals surface area contributed by atoms with Crippen LogP contribution < -0.4 is 10.9 Å². The molecule has 0 saturated carbocycles. The SMILES string of the molecule is CC(C(=O)NCCCc1ccccc1)n1nc(-c2cccs2)ccc1=O. The second-order valence-corrected chi connectivity index (χ2v) is 6.98. The Morgan fingerprint density at radius 2 is 1.96 bits per heavy atom. The molecule has 0 radical (unpaired) electrons. The monoisotopic (exact) mass is 367 g/mol. The molecule has 0 aliphatic rings. The molecule has 134 valence electrons. The predicted molar refractivity (Wildman–Crippen MR) is 104 cm³/mol. The number of carbonyl (C=O) groups excluding carboxylic acids is 1. The standard InChI is InChI=1S/C20H21N3O2S/c1-15(20(25)21-13-5-9-16-7-3-2-4-8-16)23-19(24)12-11-17(22-23)18-10-6-14-26-18/h2-4,6-8,10-12,14-15H,5,9,13H2,1H3,(H,21,25). The zero-order chi connectivity index (χ0) is 18.4. The molecule has 26 heavy (non-hydrogen) atoms. The molecule has 3 aromatic rings. The second kappa shape index (κ2) is 8.58. The van der Waals surface area contributed by atoms with Crippen LogP contribution in [-0.4, -0.2) is 22.2 Å². The predicted octanol–water partition coefficient (Wildman–Crippen LogP) is 3.28. The summed E-state index contributed by atoms with van der Waals surface area (Å²) in [5.74, 6) is -0.198. The highest BCUT2D eigenvalue weighted by Crippen LogP contribution is 2.21. The normalized spacial score (nSPS) is 11.9. The van der Waals surface area contributed by atoms with E-state index in [4.69, 9.17) is 0 Å². The van der Waals surface area contributed by atoms with Gasteiger partial charge in [0.15, 0.2) is 0 Å². The van der Waals surface area contributed by atoms with Gasteiger partial charge in [0.2, 0.25) is 5.91 Å². The van der Waals surface area contributed by atoms with Gasteiger partial charge in [-0.05, 0) is 42.8 Å². The smallest absolute Gasteiger partial charge is 0.267 e. The van der Waals surface area contributed by atoms with Crippen LogP contribution >= 0.6 is 11.3 Å².